The van der Waals surface area contributed by atoms with Crippen LogP contribution in [0.5, 0.6) is 5.75 Å². The van der Waals surface area contributed by atoms with Crippen LogP contribution in [0, 0.1) is 12.2 Å². The molecule has 0 aromatic heterocycles. The Morgan fingerprint density at radius 2 is 2.07 bits per heavy atom. The Kier molecular flexibility index (Phi) is 3.80. The summed E-state index contributed by atoms with van der Waals surface area (Å²) in [5.41, 5.74) is 0.614. The van der Waals surface area contributed by atoms with Crippen molar-refractivity contribution in [2.45, 2.75) is 20.0 Å². The minimum absolute atomic E-state index is 0.142. The van der Waals surface area contributed by atoms with Crippen LogP contribution in [-0.4, -0.2) is 6.61 Å². The predicted molar refractivity (Wildman–Crippen MR) is 46.7 cm³/mol. The molecule has 0 amide bonds. The first-order chi connectivity index (χ1) is 6.61. The lowest BCUT2D eigenvalue weighted by Crippen LogP contribution is -2.02. The highest BCUT2D eigenvalue weighted by Crippen LogP contribution is 2.19. The van der Waals surface area contributed by atoms with Crippen molar-refractivity contribution < 1.29 is 17.9 Å². The quantitative estimate of drug-likeness (QED) is 0.730. The van der Waals surface area contributed by atoms with Crippen LogP contribution in [0.1, 0.15) is 12.5 Å². The highest BCUT2D eigenvalue weighted by atomic mass is 19.3. The van der Waals surface area contributed by atoms with E-state index in [0.29, 0.717) is 12.0 Å². The van der Waals surface area contributed by atoms with Crippen molar-refractivity contribution in [1.29, 1.82) is 0 Å². The van der Waals surface area contributed by atoms with Crippen LogP contribution in [-0.2, 0) is 6.42 Å². The summed E-state index contributed by atoms with van der Waals surface area (Å²) in [5.74, 6) is -0.711. The zero-order valence-corrected chi connectivity index (χ0v) is 7.64. The summed E-state index contributed by atoms with van der Waals surface area (Å²) >= 11 is 0. The molecule has 0 fully saturated rings. The Hall–Kier alpha value is -1.19. The van der Waals surface area contributed by atoms with Gasteiger partial charge in [0.25, 0.3) is 0 Å². The van der Waals surface area contributed by atoms with Gasteiger partial charge in [-0.15, -0.1) is 0 Å². The van der Waals surface area contributed by atoms with Crippen molar-refractivity contribution in [2.24, 2.45) is 0 Å². The number of hydrogen-bond donors (Lipinski definition) is 0. The van der Waals surface area contributed by atoms with Crippen LogP contribution < -0.4 is 4.74 Å². The molecule has 1 rings (SSSR count). The van der Waals surface area contributed by atoms with E-state index >= 15 is 0 Å². The summed E-state index contributed by atoms with van der Waals surface area (Å²) in [6, 6.07) is 3.62. The maximum atomic E-state index is 12.9. The summed E-state index contributed by atoms with van der Waals surface area (Å²) in [4.78, 5) is 0. The molecular formula is C10H10F3O. The molecule has 1 radical (unpaired) electrons. The molecule has 0 saturated carbocycles. The minimum Gasteiger partial charge on any atom is -0.435 e. The highest BCUT2D eigenvalue weighted by molar-refractivity contribution is 5.30. The molecule has 0 bridgehead atoms. The van der Waals surface area contributed by atoms with E-state index in [2.05, 4.69) is 4.74 Å². The molecule has 14 heavy (non-hydrogen) atoms. The molecule has 1 aromatic rings. The second-order valence-electron chi connectivity index (χ2n) is 2.79. The SMILES string of the molecule is C[CH]Cc1cc(F)cc(OC(F)F)c1. The summed E-state index contributed by atoms with van der Waals surface area (Å²) < 4.78 is 40.6. The van der Waals surface area contributed by atoms with Crippen LogP contribution in [0.15, 0.2) is 18.2 Å². The Morgan fingerprint density at radius 1 is 1.36 bits per heavy atom. The van der Waals surface area contributed by atoms with Crippen molar-refractivity contribution in [1.82, 2.24) is 0 Å². The van der Waals surface area contributed by atoms with Crippen LogP contribution in [0.2, 0.25) is 0 Å². The third-order valence-electron chi connectivity index (χ3n) is 1.60. The van der Waals surface area contributed by atoms with Gasteiger partial charge in [0.05, 0.1) is 0 Å². The number of alkyl halides is 2. The summed E-state index contributed by atoms with van der Waals surface area (Å²) in [6.45, 7) is -1.12. The number of benzene rings is 1. The summed E-state index contributed by atoms with van der Waals surface area (Å²) in [7, 11) is 0. The fraction of sp³-hybridized carbons (Fsp3) is 0.300. The molecule has 0 aliphatic rings. The van der Waals surface area contributed by atoms with Gasteiger partial charge in [0.1, 0.15) is 11.6 Å². The maximum Gasteiger partial charge on any atom is 0.387 e. The monoisotopic (exact) mass is 203 g/mol. The molecule has 0 aliphatic carbocycles. The number of ether oxygens (including phenoxy) is 1. The standard InChI is InChI=1S/C10H10F3O/c1-2-3-7-4-8(11)6-9(5-7)14-10(12)13/h2,4-6,10H,3H2,1H3. The third-order valence-corrected chi connectivity index (χ3v) is 1.60. The van der Waals surface area contributed by atoms with Gasteiger partial charge in [-0.05, 0) is 30.5 Å². The van der Waals surface area contributed by atoms with Gasteiger partial charge in [0, 0.05) is 6.07 Å². The zero-order chi connectivity index (χ0) is 10.6. The second-order valence-corrected chi connectivity index (χ2v) is 2.79. The fourth-order valence-corrected chi connectivity index (χ4v) is 1.15. The van der Waals surface area contributed by atoms with Crippen molar-refractivity contribution in [2.75, 3.05) is 0 Å². The van der Waals surface area contributed by atoms with Crippen molar-refractivity contribution >= 4 is 0 Å². The van der Waals surface area contributed by atoms with E-state index < -0.39 is 12.4 Å². The van der Waals surface area contributed by atoms with Gasteiger partial charge >= 0.3 is 6.61 Å². The van der Waals surface area contributed by atoms with Crippen molar-refractivity contribution in [3.63, 3.8) is 0 Å². The van der Waals surface area contributed by atoms with E-state index in [0.717, 1.165) is 6.07 Å². The number of halogens is 3. The molecule has 0 N–H and O–H groups in total. The molecule has 77 valence electrons. The Balaban J connectivity index is 2.83. The first-order valence-corrected chi connectivity index (χ1v) is 4.14. The van der Waals surface area contributed by atoms with Gasteiger partial charge in [0.2, 0.25) is 0 Å². The Labute approximate surface area is 80.5 Å². The second kappa shape index (κ2) is 4.88. The highest BCUT2D eigenvalue weighted by Gasteiger charge is 2.06. The van der Waals surface area contributed by atoms with Crippen LogP contribution in [0.3, 0.4) is 0 Å². The number of hydrogen-bond acceptors (Lipinski definition) is 1. The van der Waals surface area contributed by atoms with E-state index in [1.54, 1.807) is 13.3 Å². The Bertz CT molecular complexity index is 299. The van der Waals surface area contributed by atoms with Gasteiger partial charge < -0.3 is 4.74 Å². The Morgan fingerprint density at radius 3 is 2.64 bits per heavy atom. The molecular weight excluding hydrogens is 193 g/mol. The van der Waals surface area contributed by atoms with E-state index in [9.17, 15) is 13.2 Å². The lowest BCUT2D eigenvalue weighted by Gasteiger charge is -2.06. The normalized spacial score (nSPS) is 10.6. The van der Waals surface area contributed by atoms with Crippen LogP contribution in [0.25, 0.3) is 0 Å². The number of rotatable bonds is 4. The first kappa shape index (κ1) is 10.9. The molecule has 0 spiro atoms. The van der Waals surface area contributed by atoms with Crippen molar-refractivity contribution in [3.8, 4) is 5.75 Å². The van der Waals surface area contributed by atoms with Gasteiger partial charge in [-0.2, -0.15) is 8.78 Å². The van der Waals surface area contributed by atoms with Gasteiger partial charge in [-0.3, -0.25) is 0 Å². The predicted octanol–water partition coefficient (Wildman–Crippen LogP) is 3.19. The van der Waals surface area contributed by atoms with Gasteiger partial charge in [-0.25, -0.2) is 4.39 Å². The molecule has 1 aromatic carbocycles. The van der Waals surface area contributed by atoms with E-state index in [1.807, 2.05) is 0 Å². The molecule has 0 heterocycles. The van der Waals surface area contributed by atoms with Crippen molar-refractivity contribution in [3.05, 3.63) is 36.0 Å². The lowest BCUT2D eigenvalue weighted by atomic mass is 10.1. The molecule has 0 aliphatic heterocycles. The molecule has 1 nitrogen and oxygen atoms in total. The average molecular weight is 203 g/mol. The van der Waals surface area contributed by atoms with E-state index in [4.69, 9.17) is 0 Å². The van der Waals surface area contributed by atoms with Crippen LogP contribution >= 0.6 is 0 Å². The average Bonchev–Trinajstić information content (AvgIpc) is 2.01. The molecule has 0 atom stereocenters. The maximum absolute atomic E-state index is 12.9. The largest absolute Gasteiger partial charge is 0.435 e. The minimum atomic E-state index is -2.92. The first-order valence-electron chi connectivity index (χ1n) is 4.14. The molecule has 4 heteroatoms. The lowest BCUT2D eigenvalue weighted by molar-refractivity contribution is -0.0500. The third kappa shape index (κ3) is 3.28. The summed E-state index contributed by atoms with van der Waals surface area (Å²) in [6.07, 6.45) is 2.33. The zero-order valence-electron chi connectivity index (χ0n) is 7.64. The smallest absolute Gasteiger partial charge is 0.387 e. The fourth-order valence-electron chi connectivity index (χ4n) is 1.15. The molecule has 0 unspecified atom stereocenters. The van der Waals surface area contributed by atoms with E-state index in [1.165, 1.54) is 12.1 Å². The van der Waals surface area contributed by atoms with Crippen LogP contribution in [0.4, 0.5) is 13.2 Å². The van der Waals surface area contributed by atoms with E-state index in [-0.39, 0.29) is 5.75 Å². The van der Waals surface area contributed by atoms with Gasteiger partial charge in [0.15, 0.2) is 0 Å². The molecule has 0 saturated heterocycles. The topological polar surface area (TPSA) is 9.23 Å². The summed E-state index contributed by atoms with van der Waals surface area (Å²) in [5, 5.41) is 0. The van der Waals surface area contributed by atoms with Gasteiger partial charge in [-0.1, -0.05) is 6.92 Å².